The largest absolute Gasteiger partial charge is 0.497 e. The normalized spacial score (nSPS) is 14.8. The van der Waals surface area contributed by atoms with Crippen molar-refractivity contribution < 1.29 is 13.9 Å². The van der Waals surface area contributed by atoms with E-state index in [4.69, 9.17) is 21.4 Å². The smallest absolute Gasteiger partial charge is 0.267 e. The van der Waals surface area contributed by atoms with Crippen LogP contribution in [-0.4, -0.2) is 31.6 Å². The standard InChI is InChI=1S/C25H20N4O4S2/c1-32-17-9-7-16(8-10-17)14-26-22-19(23(30)28-11-3-2-6-21(28)27-22)13-20-24(31)29(25(34)35-20)15-18-5-4-12-33-18/h2-13,26H,14-15H2,1H3/b20-13-. The molecule has 1 fully saturated rings. The maximum Gasteiger partial charge on any atom is 0.267 e. The van der Waals surface area contributed by atoms with Crippen molar-refractivity contribution in [3.05, 3.63) is 99.2 Å². The van der Waals surface area contributed by atoms with E-state index in [1.54, 1.807) is 49.9 Å². The number of carbonyl (C=O) groups is 1. The summed E-state index contributed by atoms with van der Waals surface area (Å²) < 4.78 is 12.4. The summed E-state index contributed by atoms with van der Waals surface area (Å²) in [6.45, 7) is 0.659. The molecule has 0 radical (unpaired) electrons. The lowest BCUT2D eigenvalue weighted by Crippen LogP contribution is -2.27. The fourth-order valence-electron chi connectivity index (χ4n) is 3.62. The van der Waals surface area contributed by atoms with E-state index in [0.717, 1.165) is 23.1 Å². The summed E-state index contributed by atoms with van der Waals surface area (Å²) in [5, 5.41) is 3.26. The summed E-state index contributed by atoms with van der Waals surface area (Å²) in [6, 6.07) is 16.5. The van der Waals surface area contributed by atoms with Crippen molar-refractivity contribution in [1.29, 1.82) is 0 Å². The number of thiocarbonyl (C=S) groups is 1. The summed E-state index contributed by atoms with van der Waals surface area (Å²) >= 11 is 6.57. The molecule has 1 amide bonds. The van der Waals surface area contributed by atoms with Crippen LogP contribution in [0.1, 0.15) is 16.9 Å². The van der Waals surface area contributed by atoms with Crippen molar-refractivity contribution >= 4 is 51.7 Å². The van der Waals surface area contributed by atoms with Crippen LogP contribution in [0.5, 0.6) is 5.75 Å². The summed E-state index contributed by atoms with van der Waals surface area (Å²) in [6.07, 6.45) is 4.76. The van der Waals surface area contributed by atoms with Gasteiger partial charge in [-0.1, -0.05) is 42.2 Å². The number of rotatable bonds is 7. The predicted octanol–water partition coefficient (Wildman–Crippen LogP) is 4.31. The second kappa shape index (κ2) is 9.77. The Kier molecular flexibility index (Phi) is 6.39. The van der Waals surface area contributed by atoms with E-state index in [1.807, 2.05) is 30.3 Å². The van der Waals surface area contributed by atoms with Crippen LogP contribution in [-0.2, 0) is 17.9 Å². The monoisotopic (exact) mass is 504 g/mol. The van der Waals surface area contributed by atoms with Crippen LogP contribution < -0.4 is 15.6 Å². The van der Waals surface area contributed by atoms with Gasteiger partial charge in [0.05, 0.1) is 30.4 Å². The van der Waals surface area contributed by atoms with Crippen molar-refractivity contribution in [1.82, 2.24) is 14.3 Å². The minimum atomic E-state index is -0.288. The zero-order valence-electron chi connectivity index (χ0n) is 18.6. The Morgan fingerprint density at radius 2 is 1.97 bits per heavy atom. The van der Waals surface area contributed by atoms with E-state index >= 15 is 0 Å². The number of furan rings is 1. The number of thioether (sulfide) groups is 1. The third kappa shape index (κ3) is 4.71. The van der Waals surface area contributed by atoms with Gasteiger partial charge < -0.3 is 14.5 Å². The van der Waals surface area contributed by atoms with Crippen LogP contribution in [0.2, 0.25) is 0 Å². The van der Waals surface area contributed by atoms with Gasteiger partial charge in [-0.15, -0.1) is 0 Å². The number of ether oxygens (including phenoxy) is 1. The van der Waals surface area contributed by atoms with Gasteiger partial charge in [-0.3, -0.25) is 18.9 Å². The first-order chi connectivity index (χ1) is 17.0. The van der Waals surface area contributed by atoms with E-state index < -0.39 is 0 Å². The number of methoxy groups -OCH3 is 1. The van der Waals surface area contributed by atoms with Gasteiger partial charge in [0.15, 0.2) is 0 Å². The Hall–Kier alpha value is -3.89. The van der Waals surface area contributed by atoms with Crippen molar-refractivity contribution in [2.75, 3.05) is 12.4 Å². The first-order valence-electron chi connectivity index (χ1n) is 10.7. The first kappa shape index (κ1) is 22.9. The molecule has 4 aromatic rings. The highest BCUT2D eigenvalue weighted by atomic mass is 32.2. The first-order valence-corrected chi connectivity index (χ1v) is 11.9. The Morgan fingerprint density at radius 3 is 2.71 bits per heavy atom. The lowest BCUT2D eigenvalue weighted by molar-refractivity contribution is -0.122. The molecule has 0 aliphatic carbocycles. The topological polar surface area (TPSA) is 89.1 Å². The summed E-state index contributed by atoms with van der Waals surface area (Å²) in [7, 11) is 1.61. The lowest BCUT2D eigenvalue weighted by Gasteiger charge is -2.12. The SMILES string of the molecule is COc1ccc(CNc2nc3ccccn3c(=O)c2/C=C2\SC(=S)N(Cc3ccco3)C2=O)cc1. The molecule has 1 aromatic carbocycles. The van der Waals surface area contributed by atoms with Gasteiger partial charge in [-0.2, -0.15) is 0 Å². The minimum absolute atomic E-state index is 0.229. The van der Waals surface area contributed by atoms with Gasteiger partial charge in [0.2, 0.25) is 0 Å². The molecule has 0 bridgehead atoms. The van der Waals surface area contributed by atoms with Gasteiger partial charge in [0, 0.05) is 12.7 Å². The highest BCUT2D eigenvalue weighted by Crippen LogP contribution is 2.34. The molecule has 4 heterocycles. The average Bonchev–Trinajstić information content (AvgIpc) is 3.49. The van der Waals surface area contributed by atoms with E-state index in [0.29, 0.717) is 33.0 Å². The molecule has 1 aliphatic heterocycles. The number of nitrogens with one attached hydrogen (secondary N) is 1. The fourth-order valence-corrected chi connectivity index (χ4v) is 4.86. The molecule has 1 saturated heterocycles. The number of fused-ring (bicyclic) bond motifs is 1. The van der Waals surface area contributed by atoms with Gasteiger partial charge >= 0.3 is 0 Å². The van der Waals surface area contributed by atoms with E-state index in [-0.39, 0.29) is 23.6 Å². The fraction of sp³-hybridized carbons (Fsp3) is 0.120. The Morgan fingerprint density at radius 1 is 1.14 bits per heavy atom. The van der Waals surface area contributed by atoms with E-state index in [1.165, 1.54) is 9.30 Å². The summed E-state index contributed by atoms with van der Waals surface area (Å²) in [4.78, 5) is 33.0. The third-order valence-electron chi connectivity index (χ3n) is 5.43. The van der Waals surface area contributed by atoms with Crippen molar-refractivity contribution in [2.24, 2.45) is 0 Å². The summed E-state index contributed by atoms with van der Waals surface area (Å²) in [5.74, 6) is 1.48. The number of pyridine rings is 1. The zero-order valence-corrected chi connectivity index (χ0v) is 20.3. The quantitative estimate of drug-likeness (QED) is 0.294. The minimum Gasteiger partial charge on any atom is -0.497 e. The van der Waals surface area contributed by atoms with Gasteiger partial charge in [0.1, 0.15) is 27.3 Å². The Bertz CT molecular complexity index is 1490. The molecule has 1 N–H and O–H groups in total. The van der Waals surface area contributed by atoms with Crippen LogP contribution in [0.4, 0.5) is 5.82 Å². The maximum atomic E-state index is 13.4. The van der Waals surface area contributed by atoms with E-state index in [2.05, 4.69) is 10.3 Å². The van der Waals surface area contributed by atoms with Gasteiger partial charge in [-0.25, -0.2) is 4.98 Å². The molecule has 10 heteroatoms. The van der Waals surface area contributed by atoms with Crippen LogP contribution >= 0.6 is 24.0 Å². The number of carbonyl (C=O) groups excluding carboxylic acids is 1. The predicted molar refractivity (Wildman–Crippen MR) is 139 cm³/mol. The van der Waals surface area contributed by atoms with Gasteiger partial charge in [0.25, 0.3) is 11.5 Å². The molecule has 0 unspecified atom stereocenters. The molecule has 3 aromatic heterocycles. The highest BCUT2D eigenvalue weighted by Gasteiger charge is 2.33. The molecule has 0 spiro atoms. The molecule has 0 atom stereocenters. The molecule has 176 valence electrons. The van der Waals surface area contributed by atoms with Crippen LogP contribution in [0.15, 0.2) is 81.2 Å². The van der Waals surface area contributed by atoms with Crippen molar-refractivity contribution in [2.45, 2.75) is 13.1 Å². The Balaban J connectivity index is 1.50. The highest BCUT2D eigenvalue weighted by molar-refractivity contribution is 8.26. The number of hydrogen-bond acceptors (Lipinski definition) is 8. The molecule has 0 saturated carbocycles. The van der Waals surface area contributed by atoms with E-state index in [9.17, 15) is 9.59 Å². The molecular formula is C25H20N4O4S2. The third-order valence-corrected chi connectivity index (χ3v) is 6.81. The van der Waals surface area contributed by atoms with Crippen LogP contribution in [0, 0.1) is 0 Å². The second-order valence-electron chi connectivity index (χ2n) is 7.66. The average molecular weight is 505 g/mol. The molecule has 1 aliphatic rings. The lowest BCUT2D eigenvalue weighted by atomic mass is 10.2. The van der Waals surface area contributed by atoms with Crippen molar-refractivity contribution in [3.63, 3.8) is 0 Å². The zero-order chi connectivity index (χ0) is 24.4. The Labute approximate surface area is 210 Å². The number of benzene rings is 1. The molecule has 8 nitrogen and oxygen atoms in total. The molecular weight excluding hydrogens is 484 g/mol. The summed E-state index contributed by atoms with van der Waals surface area (Å²) in [5.41, 5.74) is 1.47. The van der Waals surface area contributed by atoms with Gasteiger partial charge in [-0.05, 0) is 48.0 Å². The number of hydrogen-bond donors (Lipinski definition) is 1. The number of nitrogens with zero attached hydrogens (tertiary/aromatic N) is 3. The number of amides is 1. The molecule has 5 rings (SSSR count). The van der Waals surface area contributed by atoms with Crippen LogP contribution in [0.25, 0.3) is 11.7 Å². The van der Waals surface area contributed by atoms with Crippen molar-refractivity contribution in [3.8, 4) is 5.75 Å². The number of aromatic nitrogens is 2. The maximum absolute atomic E-state index is 13.4. The second-order valence-corrected chi connectivity index (χ2v) is 9.33. The molecule has 35 heavy (non-hydrogen) atoms. The van der Waals surface area contributed by atoms with Crippen LogP contribution in [0.3, 0.4) is 0 Å². The number of anilines is 1.